The van der Waals surface area contributed by atoms with Crippen LogP contribution in [0.1, 0.15) is 52.4 Å². The van der Waals surface area contributed by atoms with Gasteiger partial charge < -0.3 is 4.74 Å². The molecule has 3 heteroatoms. The average Bonchev–Trinajstić information content (AvgIpc) is 2.98. The molecule has 0 bridgehead atoms. The lowest BCUT2D eigenvalue weighted by Gasteiger charge is -2.26. The van der Waals surface area contributed by atoms with Crippen molar-refractivity contribution in [2.45, 2.75) is 64.5 Å². The van der Waals surface area contributed by atoms with E-state index in [0.717, 1.165) is 30.9 Å². The van der Waals surface area contributed by atoms with Crippen LogP contribution in [0.15, 0.2) is 24.3 Å². The third-order valence-electron chi connectivity index (χ3n) is 4.50. The van der Waals surface area contributed by atoms with Crippen molar-refractivity contribution in [3.8, 4) is 6.01 Å². The molecule has 0 saturated heterocycles. The second-order valence-corrected chi connectivity index (χ2v) is 5.92. The molecule has 0 spiro atoms. The van der Waals surface area contributed by atoms with Crippen molar-refractivity contribution < 1.29 is 4.74 Å². The van der Waals surface area contributed by atoms with Crippen molar-refractivity contribution in [3.63, 3.8) is 0 Å². The van der Waals surface area contributed by atoms with Crippen LogP contribution in [0, 0.1) is 0 Å². The molecule has 0 fully saturated rings. The van der Waals surface area contributed by atoms with Gasteiger partial charge in [0.15, 0.2) is 0 Å². The molecule has 3 nitrogen and oxygen atoms in total. The molecule has 3 rings (SSSR count). The molecular formula is C17H24N2O. The van der Waals surface area contributed by atoms with E-state index in [1.54, 1.807) is 0 Å². The fourth-order valence-electron chi connectivity index (χ4n) is 3.16. The molecule has 1 aliphatic heterocycles. The van der Waals surface area contributed by atoms with Crippen LogP contribution in [0.4, 0.5) is 0 Å². The SMILES string of the molecule is CCCCCCC1(CC)Cn2c(nc3ccccc32)O1. The number of unbranched alkanes of at least 4 members (excludes halogenated alkanes) is 3. The van der Waals surface area contributed by atoms with Gasteiger partial charge in [0.1, 0.15) is 5.60 Å². The van der Waals surface area contributed by atoms with E-state index in [-0.39, 0.29) is 5.60 Å². The molecule has 2 heterocycles. The third kappa shape index (κ3) is 2.30. The number of hydrogen-bond acceptors (Lipinski definition) is 2. The maximum Gasteiger partial charge on any atom is 0.298 e. The van der Waals surface area contributed by atoms with Crippen LogP contribution in [0.2, 0.25) is 0 Å². The number of nitrogens with zero attached hydrogens (tertiary/aromatic N) is 2. The molecule has 0 amide bonds. The van der Waals surface area contributed by atoms with Gasteiger partial charge in [-0.05, 0) is 31.4 Å². The van der Waals surface area contributed by atoms with Crippen molar-refractivity contribution in [3.05, 3.63) is 24.3 Å². The van der Waals surface area contributed by atoms with Crippen molar-refractivity contribution in [2.75, 3.05) is 0 Å². The molecule has 0 N–H and O–H groups in total. The van der Waals surface area contributed by atoms with Crippen molar-refractivity contribution in [1.29, 1.82) is 0 Å². The van der Waals surface area contributed by atoms with E-state index in [1.807, 2.05) is 6.07 Å². The number of rotatable bonds is 6. The van der Waals surface area contributed by atoms with Gasteiger partial charge in [-0.3, -0.25) is 4.57 Å². The Morgan fingerprint density at radius 2 is 2.05 bits per heavy atom. The molecule has 1 unspecified atom stereocenters. The summed E-state index contributed by atoms with van der Waals surface area (Å²) in [4.78, 5) is 4.62. The molecule has 1 aromatic heterocycles. The van der Waals surface area contributed by atoms with E-state index in [4.69, 9.17) is 4.74 Å². The van der Waals surface area contributed by atoms with Gasteiger partial charge in [0, 0.05) is 0 Å². The van der Waals surface area contributed by atoms with E-state index in [9.17, 15) is 0 Å². The summed E-state index contributed by atoms with van der Waals surface area (Å²) in [6, 6.07) is 9.10. The number of aromatic nitrogens is 2. The molecule has 2 aromatic rings. The highest BCUT2D eigenvalue weighted by Gasteiger charge is 2.39. The van der Waals surface area contributed by atoms with E-state index in [0.29, 0.717) is 0 Å². The first-order chi connectivity index (χ1) is 9.78. The van der Waals surface area contributed by atoms with Crippen LogP contribution in [-0.4, -0.2) is 15.2 Å². The zero-order valence-electron chi connectivity index (χ0n) is 12.6. The Kier molecular flexibility index (Phi) is 3.68. The molecule has 108 valence electrons. The second kappa shape index (κ2) is 5.47. The molecule has 0 aliphatic carbocycles. The Bertz CT molecular complexity index is 590. The summed E-state index contributed by atoms with van der Waals surface area (Å²) in [5.41, 5.74) is 2.21. The molecule has 1 aliphatic rings. The first kappa shape index (κ1) is 13.5. The molecular weight excluding hydrogens is 248 g/mol. The number of ether oxygens (including phenoxy) is 1. The first-order valence-corrected chi connectivity index (χ1v) is 7.92. The smallest absolute Gasteiger partial charge is 0.298 e. The predicted molar refractivity (Wildman–Crippen MR) is 82.1 cm³/mol. The van der Waals surface area contributed by atoms with E-state index in [1.165, 1.54) is 31.2 Å². The topological polar surface area (TPSA) is 27.1 Å². The fourth-order valence-corrected chi connectivity index (χ4v) is 3.16. The zero-order chi connectivity index (χ0) is 14.0. The van der Waals surface area contributed by atoms with Crippen LogP contribution in [0.25, 0.3) is 11.0 Å². The second-order valence-electron chi connectivity index (χ2n) is 5.92. The number of imidazole rings is 1. The number of fused-ring (bicyclic) bond motifs is 3. The van der Waals surface area contributed by atoms with E-state index < -0.39 is 0 Å². The van der Waals surface area contributed by atoms with Gasteiger partial charge in [-0.15, -0.1) is 0 Å². The third-order valence-corrected chi connectivity index (χ3v) is 4.50. The lowest BCUT2D eigenvalue weighted by molar-refractivity contribution is 0.0710. The van der Waals surface area contributed by atoms with Gasteiger partial charge in [-0.25, -0.2) is 0 Å². The summed E-state index contributed by atoms with van der Waals surface area (Å²) in [7, 11) is 0. The van der Waals surface area contributed by atoms with Gasteiger partial charge >= 0.3 is 0 Å². The van der Waals surface area contributed by atoms with Gasteiger partial charge in [0.05, 0.1) is 17.6 Å². The standard InChI is InChI=1S/C17H24N2O/c1-3-5-6-9-12-17(4-2)13-19-15-11-8-7-10-14(15)18-16(19)20-17/h7-8,10-11H,3-6,9,12-13H2,1-2H3. The highest BCUT2D eigenvalue weighted by Crippen LogP contribution is 2.37. The predicted octanol–water partition coefficient (Wildman–Crippen LogP) is 4.55. The first-order valence-electron chi connectivity index (χ1n) is 7.92. The Labute approximate surface area is 121 Å². The minimum atomic E-state index is -0.0277. The molecule has 20 heavy (non-hydrogen) atoms. The van der Waals surface area contributed by atoms with E-state index in [2.05, 4.69) is 41.6 Å². The van der Waals surface area contributed by atoms with Crippen molar-refractivity contribution in [2.24, 2.45) is 0 Å². The zero-order valence-corrected chi connectivity index (χ0v) is 12.6. The Hall–Kier alpha value is -1.51. The monoisotopic (exact) mass is 272 g/mol. The van der Waals surface area contributed by atoms with Crippen LogP contribution < -0.4 is 4.74 Å². The van der Waals surface area contributed by atoms with E-state index >= 15 is 0 Å². The van der Waals surface area contributed by atoms with Crippen LogP contribution in [0.5, 0.6) is 6.01 Å². The summed E-state index contributed by atoms with van der Waals surface area (Å²) >= 11 is 0. The van der Waals surface area contributed by atoms with Gasteiger partial charge in [0.2, 0.25) is 0 Å². The Morgan fingerprint density at radius 3 is 2.85 bits per heavy atom. The Morgan fingerprint density at radius 1 is 1.20 bits per heavy atom. The van der Waals surface area contributed by atoms with Gasteiger partial charge in [0.25, 0.3) is 6.01 Å². The molecule has 0 saturated carbocycles. The molecule has 0 radical (unpaired) electrons. The molecule has 1 atom stereocenters. The Balaban J connectivity index is 1.76. The van der Waals surface area contributed by atoms with Crippen molar-refractivity contribution in [1.82, 2.24) is 9.55 Å². The summed E-state index contributed by atoms with van der Waals surface area (Å²) in [6.45, 7) is 5.43. The minimum Gasteiger partial charge on any atom is -0.456 e. The lowest BCUT2D eigenvalue weighted by Crippen LogP contribution is -2.34. The fraction of sp³-hybridized carbons (Fsp3) is 0.588. The van der Waals surface area contributed by atoms with Gasteiger partial charge in [-0.1, -0.05) is 45.2 Å². The minimum absolute atomic E-state index is 0.0277. The summed E-state index contributed by atoms with van der Waals surface area (Å²) in [6.07, 6.45) is 7.37. The average molecular weight is 272 g/mol. The van der Waals surface area contributed by atoms with Crippen molar-refractivity contribution >= 4 is 11.0 Å². The summed E-state index contributed by atoms with van der Waals surface area (Å²) in [5, 5.41) is 0. The lowest BCUT2D eigenvalue weighted by atomic mass is 9.93. The maximum atomic E-state index is 6.26. The maximum absolute atomic E-state index is 6.26. The molecule has 1 aromatic carbocycles. The highest BCUT2D eigenvalue weighted by molar-refractivity contribution is 5.77. The van der Waals surface area contributed by atoms with Crippen LogP contribution in [-0.2, 0) is 6.54 Å². The quantitative estimate of drug-likeness (QED) is 0.721. The van der Waals surface area contributed by atoms with Gasteiger partial charge in [-0.2, -0.15) is 4.98 Å². The van der Waals surface area contributed by atoms with Crippen LogP contribution >= 0.6 is 0 Å². The normalized spacial score (nSPS) is 21.1. The number of benzene rings is 1. The number of hydrogen-bond donors (Lipinski definition) is 0. The largest absolute Gasteiger partial charge is 0.456 e. The summed E-state index contributed by atoms with van der Waals surface area (Å²) in [5.74, 6) is 0. The summed E-state index contributed by atoms with van der Waals surface area (Å²) < 4.78 is 8.51. The van der Waals surface area contributed by atoms with Crippen LogP contribution in [0.3, 0.4) is 0 Å². The highest BCUT2D eigenvalue weighted by atomic mass is 16.5. The number of para-hydroxylation sites is 2.